The van der Waals surface area contributed by atoms with Gasteiger partial charge in [-0.05, 0) is 23.3 Å². The summed E-state index contributed by atoms with van der Waals surface area (Å²) in [4.78, 5) is 11.7. The standard InChI is InChI=1S/C16H16ClNO3/c17-14-6-1-2-7-15(14)21-11-16(20)18-9-12-4-3-5-13(8-12)10-19/h1-8,19H,9-11H2,(H,18,20). The summed E-state index contributed by atoms with van der Waals surface area (Å²) in [6.45, 7) is 0.277. The summed E-state index contributed by atoms with van der Waals surface area (Å²) >= 11 is 5.93. The van der Waals surface area contributed by atoms with E-state index >= 15 is 0 Å². The molecule has 0 aliphatic heterocycles. The second-order valence-electron chi connectivity index (χ2n) is 4.47. The van der Waals surface area contributed by atoms with Crippen LogP contribution in [0.5, 0.6) is 5.75 Å². The Hall–Kier alpha value is -2.04. The van der Waals surface area contributed by atoms with E-state index in [1.54, 1.807) is 24.3 Å². The topological polar surface area (TPSA) is 58.6 Å². The van der Waals surface area contributed by atoms with Crippen molar-refractivity contribution in [1.82, 2.24) is 5.32 Å². The molecular weight excluding hydrogens is 290 g/mol. The molecule has 4 nitrogen and oxygen atoms in total. The van der Waals surface area contributed by atoms with Gasteiger partial charge in [0.15, 0.2) is 6.61 Å². The van der Waals surface area contributed by atoms with Crippen molar-refractivity contribution in [3.05, 3.63) is 64.7 Å². The molecule has 0 aliphatic carbocycles. The Morgan fingerprint density at radius 1 is 1.14 bits per heavy atom. The minimum absolute atomic E-state index is 0.0165. The number of aliphatic hydroxyl groups excluding tert-OH is 1. The van der Waals surface area contributed by atoms with Gasteiger partial charge in [0, 0.05) is 6.54 Å². The number of para-hydroxylation sites is 1. The molecule has 0 heterocycles. The molecule has 0 unspecified atom stereocenters. The van der Waals surface area contributed by atoms with Crippen molar-refractivity contribution in [2.24, 2.45) is 0 Å². The van der Waals surface area contributed by atoms with Crippen LogP contribution < -0.4 is 10.1 Å². The Bertz CT molecular complexity index is 616. The van der Waals surface area contributed by atoms with Crippen molar-refractivity contribution in [2.75, 3.05) is 6.61 Å². The number of carbonyl (C=O) groups is 1. The molecule has 1 amide bonds. The summed E-state index contributed by atoms with van der Waals surface area (Å²) in [7, 11) is 0. The van der Waals surface area contributed by atoms with Crippen LogP contribution in [0.3, 0.4) is 0 Å². The number of rotatable bonds is 6. The minimum Gasteiger partial charge on any atom is -0.482 e. The van der Waals surface area contributed by atoms with Crippen LogP contribution in [-0.4, -0.2) is 17.6 Å². The third-order valence-corrected chi connectivity index (χ3v) is 3.17. The first-order chi connectivity index (χ1) is 10.2. The normalized spacial score (nSPS) is 10.2. The number of halogens is 1. The average Bonchev–Trinajstić information content (AvgIpc) is 2.52. The van der Waals surface area contributed by atoms with E-state index in [0.717, 1.165) is 11.1 Å². The van der Waals surface area contributed by atoms with Gasteiger partial charge in [-0.1, -0.05) is 48.0 Å². The molecule has 0 aliphatic rings. The van der Waals surface area contributed by atoms with Crippen LogP contribution in [0.15, 0.2) is 48.5 Å². The van der Waals surface area contributed by atoms with Gasteiger partial charge in [-0.3, -0.25) is 4.79 Å². The largest absolute Gasteiger partial charge is 0.482 e. The number of ether oxygens (including phenoxy) is 1. The Balaban J connectivity index is 1.81. The van der Waals surface area contributed by atoms with E-state index in [9.17, 15) is 4.79 Å². The van der Waals surface area contributed by atoms with Crippen LogP contribution in [0.1, 0.15) is 11.1 Å². The van der Waals surface area contributed by atoms with Gasteiger partial charge in [0.05, 0.1) is 11.6 Å². The summed E-state index contributed by atoms with van der Waals surface area (Å²) in [5, 5.41) is 12.3. The third kappa shape index (κ3) is 4.77. The van der Waals surface area contributed by atoms with Crippen LogP contribution in [-0.2, 0) is 17.9 Å². The summed E-state index contributed by atoms with van der Waals surface area (Å²) < 4.78 is 5.35. The maximum absolute atomic E-state index is 11.7. The lowest BCUT2D eigenvalue weighted by Crippen LogP contribution is -2.28. The molecule has 2 aromatic rings. The zero-order valence-electron chi connectivity index (χ0n) is 11.4. The Morgan fingerprint density at radius 2 is 1.90 bits per heavy atom. The van der Waals surface area contributed by atoms with Crippen molar-refractivity contribution in [3.8, 4) is 5.75 Å². The number of amides is 1. The second-order valence-corrected chi connectivity index (χ2v) is 4.88. The van der Waals surface area contributed by atoms with Crippen LogP contribution in [0.4, 0.5) is 0 Å². The molecule has 0 aromatic heterocycles. The second kappa shape index (κ2) is 7.67. The van der Waals surface area contributed by atoms with E-state index in [1.807, 2.05) is 24.3 Å². The van der Waals surface area contributed by atoms with E-state index in [-0.39, 0.29) is 19.1 Å². The summed E-state index contributed by atoms with van der Waals surface area (Å²) in [6.07, 6.45) is 0. The van der Waals surface area contributed by atoms with Crippen molar-refractivity contribution >= 4 is 17.5 Å². The number of benzene rings is 2. The molecule has 110 valence electrons. The molecule has 21 heavy (non-hydrogen) atoms. The first kappa shape index (κ1) is 15.4. The molecule has 0 bridgehead atoms. The number of aliphatic hydroxyl groups is 1. The van der Waals surface area contributed by atoms with Gasteiger partial charge < -0.3 is 15.2 Å². The molecule has 0 fully saturated rings. The predicted octanol–water partition coefficient (Wildman–Crippen LogP) is 2.53. The highest BCUT2D eigenvalue weighted by Gasteiger charge is 2.05. The number of carbonyl (C=O) groups excluding carboxylic acids is 1. The van der Waals surface area contributed by atoms with Crippen LogP contribution >= 0.6 is 11.6 Å². The number of hydrogen-bond donors (Lipinski definition) is 2. The molecular formula is C16H16ClNO3. The van der Waals surface area contributed by atoms with E-state index in [2.05, 4.69) is 5.32 Å². The fourth-order valence-corrected chi connectivity index (χ4v) is 1.99. The lowest BCUT2D eigenvalue weighted by molar-refractivity contribution is -0.123. The number of hydrogen-bond acceptors (Lipinski definition) is 3. The third-order valence-electron chi connectivity index (χ3n) is 2.86. The van der Waals surface area contributed by atoms with Gasteiger partial charge in [0.25, 0.3) is 5.91 Å². The summed E-state index contributed by atoms with van der Waals surface area (Å²) in [6, 6.07) is 14.4. The Labute approximate surface area is 128 Å². The summed E-state index contributed by atoms with van der Waals surface area (Å²) in [5.74, 6) is 0.251. The quantitative estimate of drug-likeness (QED) is 0.862. The first-order valence-electron chi connectivity index (χ1n) is 6.52. The van der Waals surface area contributed by atoms with Crippen molar-refractivity contribution in [1.29, 1.82) is 0 Å². The smallest absolute Gasteiger partial charge is 0.258 e. The zero-order chi connectivity index (χ0) is 15.1. The molecule has 0 atom stereocenters. The molecule has 0 spiro atoms. The van der Waals surface area contributed by atoms with Crippen LogP contribution in [0.25, 0.3) is 0 Å². The number of nitrogens with one attached hydrogen (secondary N) is 1. The fraction of sp³-hybridized carbons (Fsp3) is 0.188. The van der Waals surface area contributed by atoms with Gasteiger partial charge in [-0.15, -0.1) is 0 Å². The maximum Gasteiger partial charge on any atom is 0.258 e. The predicted molar refractivity (Wildman–Crippen MR) is 81.2 cm³/mol. The van der Waals surface area contributed by atoms with Gasteiger partial charge >= 0.3 is 0 Å². The van der Waals surface area contributed by atoms with Gasteiger partial charge in [0.2, 0.25) is 0 Å². The van der Waals surface area contributed by atoms with E-state index in [0.29, 0.717) is 17.3 Å². The van der Waals surface area contributed by atoms with Crippen molar-refractivity contribution in [3.63, 3.8) is 0 Å². The molecule has 5 heteroatoms. The van der Waals surface area contributed by atoms with Crippen LogP contribution in [0, 0.1) is 0 Å². The molecule has 2 N–H and O–H groups in total. The van der Waals surface area contributed by atoms with Gasteiger partial charge in [0.1, 0.15) is 5.75 Å². The lowest BCUT2D eigenvalue weighted by atomic mass is 10.1. The van der Waals surface area contributed by atoms with Crippen LogP contribution in [0.2, 0.25) is 5.02 Å². The highest BCUT2D eigenvalue weighted by molar-refractivity contribution is 6.32. The van der Waals surface area contributed by atoms with Crippen molar-refractivity contribution in [2.45, 2.75) is 13.2 Å². The fourth-order valence-electron chi connectivity index (χ4n) is 1.79. The molecule has 0 saturated heterocycles. The Morgan fingerprint density at radius 3 is 2.67 bits per heavy atom. The molecule has 2 rings (SSSR count). The highest BCUT2D eigenvalue weighted by atomic mass is 35.5. The lowest BCUT2D eigenvalue weighted by Gasteiger charge is -2.09. The average molecular weight is 306 g/mol. The molecule has 0 saturated carbocycles. The van der Waals surface area contributed by atoms with E-state index < -0.39 is 0 Å². The van der Waals surface area contributed by atoms with Crippen molar-refractivity contribution < 1.29 is 14.6 Å². The first-order valence-corrected chi connectivity index (χ1v) is 6.89. The Kier molecular flexibility index (Phi) is 5.60. The molecule has 2 aromatic carbocycles. The maximum atomic E-state index is 11.7. The van der Waals surface area contributed by atoms with E-state index in [4.69, 9.17) is 21.4 Å². The monoisotopic (exact) mass is 305 g/mol. The SMILES string of the molecule is O=C(COc1ccccc1Cl)NCc1cccc(CO)c1. The summed E-state index contributed by atoms with van der Waals surface area (Å²) in [5.41, 5.74) is 1.74. The van der Waals surface area contributed by atoms with E-state index in [1.165, 1.54) is 0 Å². The molecule has 0 radical (unpaired) electrons. The van der Waals surface area contributed by atoms with Gasteiger partial charge in [-0.25, -0.2) is 0 Å². The highest BCUT2D eigenvalue weighted by Crippen LogP contribution is 2.22. The minimum atomic E-state index is -0.232. The zero-order valence-corrected chi connectivity index (χ0v) is 12.1. The van der Waals surface area contributed by atoms with Gasteiger partial charge in [-0.2, -0.15) is 0 Å².